The SMILES string of the molecule is O=C(CC1CC=CCCCC(=O)OCC2CCCN2C1=O)NC(CO)Cc1ccc(OCc2ccccc2)cc1. The molecule has 8 heteroatoms. The van der Waals surface area contributed by atoms with E-state index >= 15 is 0 Å². The van der Waals surface area contributed by atoms with E-state index in [9.17, 15) is 19.5 Å². The van der Waals surface area contributed by atoms with Crippen molar-refractivity contribution in [3.05, 3.63) is 77.9 Å². The molecule has 2 aliphatic rings. The molecule has 1 fully saturated rings. The highest BCUT2D eigenvalue weighted by Crippen LogP contribution is 2.24. The predicted octanol–water partition coefficient (Wildman–Crippen LogP) is 3.96. The molecular weight excluding hydrogens is 508 g/mol. The van der Waals surface area contributed by atoms with E-state index in [1.807, 2.05) is 66.7 Å². The van der Waals surface area contributed by atoms with Crippen molar-refractivity contribution in [2.45, 2.75) is 70.1 Å². The smallest absolute Gasteiger partial charge is 0.305 e. The lowest BCUT2D eigenvalue weighted by Gasteiger charge is -2.28. The Morgan fingerprint density at radius 3 is 2.62 bits per heavy atom. The maximum absolute atomic E-state index is 13.5. The molecule has 2 aliphatic heterocycles. The highest BCUT2D eigenvalue weighted by Gasteiger charge is 2.34. The Balaban J connectivity index is 1.32. The van der Waals surface area contributed by atoms with Gasteiger partial charge in [0.1, 0.15) is 19.0 Å². The van der Waals surface area contributed by atoms with Gasteiger partial charge in [-0.2, -0.15) is 0 Å². The number of benzene rings is 2. The summed E-state index contributed by atoms with van der Waals surface area (Å²) >= 11 is 0. The number of ether oxygens (including phenoxy) is 2. The predicted molar refractivity (Wildman–Crippen MR) is 151 cm³/mol. The van der Waals surface area contributed by atoms with E-state index in [0.717, 1.165) is 36.1 Å². The van der Waals surface area contributed by atoms with Gasteiger partial charge in [0.05, 0.1) is 24.6 Å². The van der Waals surface area contributed by atoms with E-state index in [1.165, 1.54) is 0 Å². The second-order valence-corrected chi connectivity index (χ2v) is 10.6. The molecule has 2 amide bonds. The van der Waals surface area contributed by atoms with E-state index in [0.29, 0.717) is 38.8 Å². The molecule has 2 N–H and O–H groups in total. The number of esters is 1. The first-order valence-electron chi connectivity index (χ1n) is 14.3. The molecule has 2 aromatic carbocycles. The van der Waals surface area contributed by atoms with Crippen LogP contribution in [0, 0.1) is 5.92 Å². The monoisotopic (exact) mass is 548 g/mol. The number of fused-ring (bicyclic) bond motifs is 1. The number of aliphatic hydroxyl groups excluding tert-OH is 1. The summed E-state index contributed by atoms with van der Waals surface area (Å²) in [6.45, 7) is 1.08. The van der Waals surface area contributed by atoms with Gasteiger partial charge in [-0.05, 0) is 61.8 Å². The average molecular weight is 549 g/mol. The summed E-state index contributed by atoms with van der Waals surface area (Å²) in [6, 6.07) is 17.0. The van der Waals surface area contributed by atoms with Crippen LogP contribution in [0.15, 0.2) is 66.7 Å². The molecule has 1 saturated heterocycles. The molecule has 4 rings (SSSR count). The summed E-state index contributed by atoms with van der Waals surface area (Å²) in [6.07, 6.45) is 8.28. The molecule has 0 spiro atoms. The van der Waals surface area contributed by atoms with E-state index in [4.69, 9.17) is 9.47 Å². The lowest BCUT2D eigenvalue weighted by Crippen LogP contribution is -2.45. The van der Waals surface area contributed by atoms with Gasteiger partial charge < -0.3 is 24.8 Å². The summed E-state index contributed by atoms with van der Waals surface area (Å²) < 4.78 is 11.3. The Kier molecular flexibility index (Phi) is 11.2. The van der Waals surface area contributed by atoms with Crippen LogP contribution in [0.3, 0.4) is 0 Å². The average Bonchev–Trinajstić information content (AvgIpc) is 3.45. The molecule has 3 unspecified atom stereocenters. The van der Waals surface area contributed by atoms with Gasteiger partial charge in [0, 0.05) is 19.4 Å². The molecule has 214 valence electrons. The molecule has 0 saturated carbocycles. The Bertz CT molecular complexity index is 1130. The molecular formula is C32H40N2O6. The largest absolute Gasteiger partial charge is 0.489 e. The summed E-state index contributed by atoms with van der Waals surface area (Å²) in [4.78, 5) is 40.3. The number of carbonyl (C=O) groups excluding carboxylic acids is 3. The molecule has 0 radical (unpaired) electrons. The highest BCUT2D eigenvalue weighted by molar-refractivity contribution is 5.86. The summed E-state index contributed by atoms with van der Waals surface area (Å²) in [5, 5.41) is 12.9. The zero-order valence-corrected chi connectivity index (χ0v) is 23.0. The lowest BCUT2D eigenvalue weighted by molar-refractivity contribution is -0.148. The van der Waals surface area contributed by atoms with Crippen molar-refractivity contribution in [3.8, 4) is 5.75 Å². The van der Waals surface area contributed by atoms with Crippen LogP contribution in [-0.2, 0) is 32.1 Å². The fraction of sp³-hybridized carbons (Fsp3) is 0.469. The standard InChI is InChI=1S/C32H40N2O6/c35-21-27(19-24-14-16-29(17-15-24)39-22-25-9-4-3-5-10-25)33-30(36)20-26-11-6-1-2-7-13-31(37)40-23-28-12-8-18-34(28)32(26)38/h1,3-6,9-10,14-17,26-28,35H,2,7-8,11-13,18-23H2,(H,33,36). The first-order valence-corrected chi connectivity index (χ1v) is 14.3. The number of nitrogens with zero attached hydrogens (tertiary/aromatic N) is 1. The van der Waals surface area contributed by atoms with Crippen molar-refractivity contribution in [1.82, 2.24) is 10.2 Å². The zero-order valence-electron chi connectivity index (χ0n) is 23.0. The summed E-state index contributed by atoms with van der Waals surface area (Å²) in [5.74, 6) is -0.331. The van der Waals surface area contributed by atoms with Crippen LogP contribution in [0.5, 0.6) is 5.75 Å². The highest BCUT2D eigenvalue weighted by atomic mass is 16.5. The van der Waals surface area contributed by atoms with Gasteiger partial charge in [-0.15, -0.1) is 0 Å². The van der Waals surface area contributed by atoms with E-state index in [2.05, 4.69) is 5.32 Å². The third-order valence-corrected chi connectivity index (χ3v) is 7.46. The van der Waals surface area contributed by atoms with E-state index < -0.39 is 12.0 Å². The van der Waals surface area contributed by atoms with Gasteiger partial charge in [-0.1, -0.05) is 54.6 Å². The number of cyclic esters (lactones) is 1. The van der Waals surface area contributed by atoms with Crippen LogP contribution in [0.1, 0.15) is 56.1 Å². The van der Waals surface area contributed by atoms with Crippen LogP contribution >= 0.6 is 0 Å². The molecule has 0 aromatic heterocycles. The third kappa shape index (κ3) is 8.95. The molecule has 0 aliphatic carbocycles. The van der Waals surface area contributed by atoms with Crippen molar-refractivity contribution in [2.75, 3.05) is 19.8 Å². The number of hydrogen-bond donors (Lipinski definition) is 2. The minimum Gasteiger partial charge on any atom is -0.489 e. The number of hydrogen-bond acceptors (Lipinski definition) is 6. The molecule has 40 heavy (non-hydrogen) atoms. The Hall–Kier alpha value is -3.65. The minimum absolute atomic E-state index is 0.0367. The van der Waals surface area contributed by atoms with Crippen molar-refractivity contribution in [1.29, 1.82) is 0 Å². The first-order chi connectivity index (χ1) is 19.5. The van der Waals surface area contributed by atoms with Gasteiger partial charge in [0.15, 0.2) is 0 Å². The van der Waals surface area contributed by atoms with E-state index in [-0.39, 0.29) is 43.5 Å². The number of rotatable bonds is 9. The topological polar surface area (TPSA) is 105 Å². The van der Waals surface area contributed by atoms with Gasteiger partial charge in [-0.25, -0.2) is 0 Å². The second kappa shape index (κ2) is 15.2. The molecule has 2 aromatic rings. The van der Waals surface area contributed by atoms with Crippen LogP contribution in [-0.4, -0.2) is 59.6 Å². The summed E-state index contributed by atoms with van der Waals surface area (Å²) in [7, 11) is 0. The van der Waals surface area contributed by atoms with Gasteiger partial charge >= 0.3 is 5.97 Å². The molecule has 3 atom stereocenters. The minimum atomic E-state index is -0.506. The fourth-order valence-corrected chi connectivity index (χ4v) is 5.23. The first kappa shape index (κ1) is 29.3. The number of allylic oxidation sites excluding steroid dienone is 2. The molecule has 0 bridgehead atoms. The van der Waals surface area contributed by atoms with Crippen molar-refractivity contribution >= 4 is 17.8 Å². The normalized spacial score (nSPS) is 20.9. The number of nitrogens with one attached hydrogen (secondary N) is 1. The zero-order chi connectivity index (χ0) is 28.2. The number of carbonyl (C=O) groups is 3. The summed E-state index contributed by atoms with van der Waals surface area (Å²) in [5.41, 5.74) is 2.05. The number of aliphatic hydroxyl groups is 1. The Labute approximate surface area is 236 Å². The van der Waals surface area contributed by atoms with E-state index in [1.54, 1.807) is 4.90 Å². The van der Waals surface area contributed by atoms with Crippen LogP contribution in [0.2, 0.25) is 0 Å². The van der Waals surface area contributed by atoms with Crippen LogP contribution in [0.25, 0.3) is 0 Å². The van der Waals surface area contributed by atoms with Crippen molar-refractivity contribution in [2.24, 2.45) is 5.92 Å². The van der Waals surface area contributed by atoms with Crippen LogP contribution < -0.4 is 10.1 Å². The van der Waals surface area contributed by atoms with Crippen molar-refractivity contribution < 1.29 is 29.0 Å². The second-order valence-electron chi connectivity index (χ2n) is 10.6. The van der Waals surface area contributed by atoms with Gasteiger partial charge in [0.2, 0.25) is 11.8 Å². The van der Waals surface area contributed by atoms with Gasteiger partial charge in [-0.3, -0.25) is 14.4 Å². The Morgan fingerprint density at radius 1 is 1.05 bits per heavy atom. The van der Waals surface area contributed by atoms with Crippen LogP contribution in [0.4, 0.5) is 0 Å². The number of amides is 2. The quantitative estimate of drug-likeness (QED) is 0.363. The van der Waals surface area contributed by atoms with Crippen molar-refractivity contribution in [3.63, 3.8) is 0 Å². The lowest BCUT2D eigenvalue weighted by atomic mass is 9.97. The Morgan fingerprint density at radius 2 is 1.85 bits per heavy atom. The fourth-order valence-electron chi connectivity index (χ4n) is 5.23. The molecule has 2 heterocycles. The van der Waals surface area contributed by atoms with Gasteiger partial charge in [0.25, 0.3) is 0 Å². The maximum Gasteiger partial charge on any atom is 0.305 e. The molecule has 8 nitrogen and oxygen atoms in total. The third-order valence-electron chi connectivity index (χ3n) is 7.46. The maximum atomic E-state index is 13.5.